The molecule has 0 atom stereocenters. The molecule has 0 unspecified atom stereocenters. The minimum Gasteiger partial charge on any atom is -0.466 e. The first-order valence-corrected chi connectivity index (χ1v) is 5.52. The molecule has 5 heteroatoms. The van der Waals surface area contributed by atoms with Crippen LogP contribution >= 0.6 is 0 Å². The van der Waals surface area contributed by atoms with Crippen LogP contribution in [0.1, 0.15) is 26.3 Å². The highest BCUT2D eigenvalue weighted by atomic mass is 16.6. The first-order valence-electron chi connectivity index (χ1n) is 5.52. The summed E-state index contributed by atoms with van der Waals surface area (Å²) >= 11 is 0. The molecule has 0 saturated carbocycles. The van der Waals surface area contributed by atoms with E-state index in [0.717, 1.165) is 0 Å². The number of rotatable bonds is 4. The minimum absolute atomic E-state index is 0.0163. The lowest BCUT2D eigenvalue weighted by atomic mass is 10.1. The van der Waals surface area contributed by atoms with E-state index < -0.39 is 4.92 Å². The molecule has 0 spiro atoms. The van der Waals surface area contributed by atoms with Gasteiger partial charge in [0.15, 0.2) is 0 Å². The molecular weight excluding hydrogens is 222 g/mol. The Morgan fingerprint density at radius 2 is 1.82 bits per heavy atom. The van der Waals surface area contributed by atoms with Crippen molar-refractivity contribution in [3.63, 3.8) is 0 Å². The van der Waals surface area contributed by atoms with Gasteiger partial charge in [-0.25, -0.2) is 0 Å². The fourth-order valence-corrected chi connectivity index (χ4v) is 1.11. The Bertz CT molecular complexity index is 359. The number of nitro groups is 1. The maximum atomic E-state index is 11.1. The highest BCUT2D eigenvalue weighted by molar-refractivity contribution is 5.72. The second-order valence-electron chi connectivity index (χ2n) is 2.91. The van der Waals surface area contributed by atoms with E-state index in [1.54, 1.807) is 19.1 Å². The van der Waals surface area contributed by atoms with Crippen LogP contribution in [0.5, 0.6) is 0 Å². The Morgan fingerprint density at radius 1 is 1.29 bits per heavy atom. The predicted octanol–water partition coefficient (Wildman–Crippen LogP) is 2.73. The smallest absolute Gasteiger partial charge is 0.310 e. The molecule has 0 aliphatic rings. The van der Waals surface area contributed by atoms with E-state index in [0.29, 0.717) is 12.2 Å². The van der Waals surface area contributed by atoms with Gasteiger partial charge in [0, 0.05) is 12.1 Å². The van der Waals surface area contributed by atoms with Crippen LogP contribution in [0.3, 0.4) is 0 Å². The SMILES string of the molecule is CC.CCOC(=O)Cc1ccc([N+](=O)[O-])cc1. The number of nitrogens with zero attached hydrogens (tertiary/aromatic N) is 1. The summed E-state index contributed by atoms with van der Waals surface area (Å²) in [6.07, 6.45) is 0.145. The van der Waals surface area contributed by atoms with Gasteiger partial charge in [0.2, 0.25) is 0 Å². The second kappa shape index (κ2) is 8.27. The summed E-state index contributed by atoms with van der Waals surface area (Å²) in [5, 5.41) is 10.4. The molecule has 0 saturated heterocycles. The summed E-state index contributed by atoms with van der Waals surface area (Å²) < 4.78 is 4.75. The number of benzene rings is 1. The molecule has 0 bridgehead atoms. The van der Waals surface area contributed by atoms with Gasteiger partial charge in [0.1, 0.15) is 0 Å². The fraction of sp³-hybridized carbons (Fsp3) is 0.417. The number of carbonyl (C=O) groups is 1. The van der Waals surface area contributed by atoms with E-state index in [-0.39, 0.29) is 18.1 Å². The van der Waals surface area contributed by atoms with E-state index in [9.17, 15) is 14.9 Å². The first-order chi connectivity index (χ1) is 8.13. The summed E-state index contributed by atoms with van der Waals surface area (Å²) in [5.41, 5.74) is 0.724. The lowest BCUT2D eigenvalue weighted by Crippen LogP contribution is -2.07. The van der Waals surface area contributed by atoms with Crippen molar-refractivity contribution in [1.29, 1.82) is 0 Å². The molecule has 1 aromatic carbocycles. The molecule has 0 aromatic heterocycles. The molecule has 5 nitrogen and oxygen atoms in total. The van der Waals surface area contributed by atoms with E-state index >= 15 is 0 Å². The van der Waals surface area contributed by atoms with Crippen molar-refractivity contribution in [2.24, 2.45) is 0 Å². The molecule has 0 radical (unpaired) electrons. The van der Waals surface area contributed by atoms with Gasteiger partial charge >= 0.3 is 5.97 Å². The van der Waals surface area contributed by atoms with Gasteiger partial charge in [0.05, 0.1) is 18.0 Å². The highest BCUT2D eigenvalue weighted by Gasteiger charge is 2.07. The molecule has 0 N–H and O–H groups in total. The van der Waals surface area contributed by atoms with E-state index in [2.05, 4.69) is 0 Å². The zero-order chi connectivity index (χ0) is 13.3. The number of non-ortho nitro benzene ring substituents is 1. The number of hydrogen-bond donors (Lipinski definition) is 0. The summed E-state index contributed by atoms with van der Waals surface area (Å²) in [6.45, 7) is 6.07. The minimum atomic E-state index is -0.478. The normalized spacial score (nSPS) is 8.88. The van der Waals surface area contributed by atoms with Crippen LogP contribution in [-0.4, -0.2) is 17.5 Å². The van der Waals surface area contributed by atoms with Crippen molar-refractivity contribution < 1.29 is 14.5 Å². The van der Waals surface area contributed by atoms with Crippen LogP contribution in [0, 0.1) is 10.1 Å². The number of esters is 1. The lowest BCUT2D eigenvalue weighted by molar-refractivity contribution is -0.384. The Labute approximate surface area is 101 Å². The molecule has 94 valence electrons. The molecule has 0 aliphatic heterocycles. The topological polar surface area (TPSA) is 69.4 Å². The van der Waals surface area contributed by atoms with Crippen molar-refractivity contribution in [1.82, 2.24) is 0 Å². The molecular formula is C12H17NO4. The van der Waals surface area contributed by atoms with Crippen molar-refractivity contribution in [3.05, 3.63) is 39.9 Å². The molecule has 1 aromatic rings. The van der Waals surface area contributed by atoms with Crippen LogP contribution in [0.4, 0.5) is 5.69 Å². The maximum absolute atomic E-state index is 11.1. The molecule has 0 amide bonds. The quantitative estimate of drug-likeness (QED) is 0.460. The van der Waals surface area contributed by atoms with Crippen LogP contribution in [0.15, 0.2) is 24.3 Å². The van der Waals surface area contributed by atoms with Gasteiger partial charge in [-0.1, -0.05) is 26.0 Å². The summed E-state index contributed by atoms with van der Waals surface area (Å²) in [6, 6.07) is 5.84. The van der Waals surface area contributed by atoms with Gasteiger partial charge in [-0.2, -0.15) is 0 Å². The van der Waals surface area contributed by atoms with Gasteiger partial charge in [-0.15, -0.1) is 0 Å². The predicted molar refractivity (Wildman–Crippen MR) is 64.8 cm³/mol. The van der Waals surface area contributed by atoms with E-state index in [4.69, 9.17) is 4.74 Å². The zero-order valence-electron chi connectivity index (χ0n) is 10.3. The Hall–Kier alpha value is -1.91. The molecule has 0 heterocycles. The Kier molecular flexibility index (Phi) is 7.34. The number of hydrogen-bond acceptors (Lipinski definition) is 4. The third-order valence-electron chi connectivity index (χ3n) is 1.80. The van der Waals surface area contributed by atoms with Gasteiger partial charge in [-0.05, 0) is 12.5 Å². The molecule has 1 rings (SSSR count). The number of ether oxygens (including phenoxy) is 1. The largest absolute Gasteiger partial charge is 0.466 e. The van der Waals surface area contributed by atoms with Crippen LogP contribution < -0.4 is 0 Å². The van der Waals surface area contributed by atoms with Crippen molar-refractivity contribution in [2.75, 3.05) is 6.61 Å². The van der Waals surface area contributed by atoms with Crippen molar-refractivity contribution >= 4 is 11.7 Å². The highest BCUT2D eigenvalue weighted by Crippen LogP contribution is 2.12. The molecule has 0 aliphatic carbocycles. The second-order valence-corrected chi connectivity index (χ2v) is 2.91. The summed E-state index contributed by atoms with van der Waals surface area (Å²) in [4.78, 5) is 20.9. The lowest BCUT2D eigenvalue weighted by Gasteiger charge is -2.01. The first kappa shape index (κ1) is 15.1. The number of nitro benzene ring substituents is 1. The summed E-state index contributed by atoms with van der Waals surface area (Å²) in [5.74, 6) is -0.327. The molecule has 17 heavy (non-hydrogen) atoms. The van der Waals surface area contributed by atoms with Gasteiger partial charge < -0.3 is 4.74 Å². The van der Waals surface area contributed by atoms with Crippen molar-refractivity contribution in [2.45, 2.75) is 27.2 Å². The number of carbonyl (C=O) groups excluding carboxylic acids is 1. The Morgan fingerprint density at radius 3 is 2.24 bits per heavy atom. The monoisotopic (exact) mass is 239 g/mol. The van der Waals surface area contributed by atoms with Crippen LogP contribution in [0.2, 0.25) is 0 Å². The van der Waals surface area contributed by atoms with Crippen LogP contribution in [-0.2, 0) is 16.0 Å². The zero-order valence-corrected chi connectivity index (χ0v) is 10.3. The fourth-order valence-electron chi connectivity index (χ4n) is 1.11. The maximum Gasteiger partial charge on any atom is 0.310 e. The standard InChI is InChI=1S/C10H11NO4.C2H6/c1-2-15-10(12)7-8-3-5-9(6-4-8)11(13)14;1-2/h3-6H,2,7H2,1H3;1-2H3. The Balaban J connectivity index is 0.00000121. The van der Waals surface area contributed by atoms with Gasteiger partial charge in [0.25, 0.3) is 5.69 Å². The average Bonchev–Trinajstić information content (AvgIpc) is 2.32. The summed E-state index contributed by atoms with van der Waals surface area (Å²) in [7, 11) is 0. The van der Waals surface area contributed by atoms with E-state index in [1.807, 2.05) is 13.8 Å². The van der Waals surface area contributed by atoms with E-state index in [1.165, 1.54) is 12.1 Å². The average molecular weight is 239 g/mol. The van der Waals surface area contributed by atoms with Crippen molar-refractivity contribution in [3.8, 4) is 0 Å². The third-order valence-corrected chi connectivity index (χ3v) is 1.80. The van der Waals surface area contributed by atoms with Crippen LogP contribution in [0.25, 0.3) is 0 Å². The third kappa shape index (κ3) is 5.65. The molecule has 0 fully saturated rings. The van der Waals surface area contributed by atoms with Gasteiger partial charge in [-0.3, -0.25) is 14.9 Å².